The smallest absolute Gasteiger partial charge is 0.224 e. The molecular weight excluding hydrogens is 448 g/mol. The molecule has 0 bridgehead atoms. The van der Waals surface area contributed by atoms with Crippen LogP contribution >= 0.6 is 12.4 Å². The van der Waals surface area contributed by atoms with E-state index in [0.717, 1.165) is 44.6 Å². The molecule has 0 atom stereocenters. The van der Waals surface area contributed by atoms with Gasteiger partial charge in [0, 0.05) is 61.9 Å². The zero-order valence-electron chi connectivity index (χ0n) is 20.2. The number of aromatic nitrogens is 1. The van der Waals surface area contributed by atoms with E-state index in [4.69, 9.17) is 9.47 Å². The van der Waals surface area contributed by atoms with Crippen LogP contribution < -0.4 is 4.74 Å². The maximum atomic E-state index is 13.0. The van der Waals surface area contributed by atoms with Gasteiger partial charge in [-0.05, 0) is 48.7 Å². The number of carbonyl (C=O) groups is 1. The second kappa shape index (κ2) is 9.75. The number of ether oxygens (including phenoxy) is 2. The summed E-state index contributed by atoms with van der Waals surface area (Å²) in [5.41, 5.74) is 6.00. The van der Waals surface area contributed by atoms with Crippen molar-refractivity contribution >= 4 is 34.8 Å². The lowest BCUT2D eigenvalue weighted by atomic mass is 9.85. The number of benzene rings is 2. The molecule has 2 aliphatic heterocycles. The van der Waals surface area contributed by atoms with Gasteiger partial charge in [0.25, 0.3) is 0 Å². The van der Waals surface area contributed by atoms with Gasteiger partial charge in [-0.3, -0.25) is 4.79 Å². The van der Waals surface area contributed by atoms with Gasteiger partial charge in [-0.25, -0.2) is 0 Å². The molecule has 1 spiro atoms. The van der Waals surface area contributed by atoms with Gasteiger partial charge in [0.05, 0.1) is 13.4 Å². The summed E-state index contributed by atoms with van der Waals surface area (Å²) in [6.07, 6.45) is 5.10. The maximum absolute atomic E-state index is 13.0. The molecule has 3 aromatic rings. The van der Waals surface area contributed by atoms with Crippen molar-refractivity contribution < 1.29 is 14.3 Å². The quantitative estimate of drug-likeness (QED) is 0.456. The first-order chi connectivity index (χ1) is 16.0. The molecule has 3 heterocycles. The Bertz CT molecular complexity index is 1200. The van der Waals surface area contributed by atoms with Gasteiger partial charge < -0.3 is 18.9 Å². The van der Waals surface area contributed by atoms with Crippen LogP contribution in [0.2, 0.25) is 0 Å². The van der Waals surface area contributed by atoms with Gasteiger partial charge in [0.2, 0.25) is 5.91 Å². The van der Waals surface area contributed by atoms with Crippen LogP contribution in [0.1, 0.15) is 42.5 Å². The first kappa shape index (κ1) is 24.2. The second-order valence-corrected chi connectivity index (χ2v) is 9.36. The molecule has 180 valence electrons. The summed E-state index contributed by atoms with van der Waals surface area (Å²) >= 11 is 0. The summed E-state index contributed by atoms with van der Waals surface area (Å²) in [6, 6.07) is 16.6. The molecule has 0 N–H and O–H groups in total. The number of fused-ring (bicyclic) bond motifs is 1. The third-order valence-corrected chi connectivity index (χ3v) is 7.55. The van der Waals surface area contributed by atoms with E-state index in [9.17, 15) is 4.79 Å². The van der Waals surface area contributed by atoms with E-state index in [2.05, 4.69) is 54.8 Å². The van der Waals surface area contributed by atoms with Crippen LogP contribution in [0, 0.1) is 13.8 Å². The Labute approximate surface area is 207 Å². The first-order valence-corrected chi connectivity index (χ1v) is 11.8. The zero-order chi connectivity index (χ0) is 23.0. The van der Waals surface area contributed by atoms with Crippen LogP contribution in [-0.2, 0) is 16.1 Å². The van der Waals surface area contributed by atoms with Crippen LogP contribution in [-0.4, -0.2) is 41.2 Å². The molecular formula is C28H33ClN2O3. The standard InChI is InChI=1S/C28H32N2O3.ClH/c1-20-21(2)30(26-7-5-4-6-25(20)26)15-12-27(31)29-16-13-28(14-17-29)18-23(19-33-28)22-8-10-24(32-3)11-9-22;/h4-11,19H,12-18H2,1-3H3;1H. The minimum atomic E-state index is -0.170. The molecule has 0 radical (unpaired) electrons. The number of rotatable bonds is 5. The summed E-state index contributed by atoms with van der Waals surface area (Å²) in [7, 11) is 1.68. The van der Waals surface area contributed by atoms with E-state index in [0.29, 0.717) is 6.42 Å². The molecule has 0 unspecified atom stereocenters. The van der Waals surface area contributed by atoms with Gasteiger partial charge in [0.1, 0.15) is 11.4 Å². The largest absolute Gasteiger partial charge is 0.497 e. The van der Waals surface area contributed by atoms with Gasteiger partial charge in [-0.15, -0.1) is 12.4 Å². The van der Waals surface area contributed by atoms with Crippen LogP contribution in [0.25, 0.3) is 16.5 Å². The molecule has 1 aromatic heterocycles. The number of carbonyl (C=O) groups excluding carboxylic acids is 1. The molecule has 0 aliphatic carbocycles. The molecule has 34 heavy (non-hydrogen) atoms. The third kappa shape index (κ3) is 4.41. The van der Waals surface area contributed by atoms with Crippen LogP contribution in [0.4, 0.5) is 0 Å². The Morgan fingerprint density at radius 3 is 2.47 bits per heavy atom. The molecule has 1 saturated heterocycles. The minimum Gasteiger partial charge on any atom is -0.497 e. The lowest BCUT2D eigenvalue weighted by molar-refractivity contribution is -0.135. The minimum absolute atomic E-state index is 0. The number of methoxy groups -OCH3 is 1. The van der Waals surface area contributed by atoms with Gasteiger partial charge >= 0.3 is 0 Å². The number of likely N-dealkylation sites (tertiary alicyclic amines) is 1. The molecule has 1 amide bonds. The van der Waals surface area contributed by atoms with E-state index >= 15 is 0 Å². The van der Waals surface area contributed by atoms with Crippen molar-refractivity contribution in [1.82, 2.24) is 9.47 Å². The fraction of sp³-hybridized carbons (Fsp3) is 0.393. The van der Waals surface area contributed by atoms with E-state index in [1.807, 2.05) is 23.3 Å². The molecule has 5 nitrogen and oxygen atoms in total. The maximum Gasteiger partial charge on any atom is 0.224 e. The van der Waals surface area contributed by atoms with Crippen LogP contribution in [0.15, 0.2) is 54.8 Å². The Morgan fingerprint density at radius 2 is 1.76 bits per heavy atom. The van der Waals surface area contributed by atoms with Crippen LogP contribution in [0.3, 0.4) is 0 Å². The van der Waals surface area contributed by atoms with Crippen molar-refractivity contribution in [3.05, 3.63) is 71.6 Å². The lowest BCUT2D eigenvalue weighted by Crippen LogP contribution is -2.46. The number of hydrogen-bond acceptors (Lipinski definition) is 3. The number of aryl methyl sites for hydroxylation is 2. The number of halogens is 1. The molecule has 2 aliphatic rings. The zero-order valence-corrected chi connectivity index (χ0v) is 21.0. The fourth-order valence-electron chi connectivity index (χ4n) is 5.32. The summed E-state index contributed by atoms with van der Waals surface area (Å²) in [4.78, 5) is 15.0. The summed E-state index contributed by atoms with van der Waals surface area (Å²) in [6.45, 7) is 6.55. The molecule has 1 fully saturated rings. The highest BCUT2D eigenvalue weighted by Crippen LogP contribution is 2.41. The number of hydrogen-bond donors (Lipinski definition) is 0. The number of amides is 1. The summed E-state index contributed by atoms with van der Waals surface area (Å²) in [5.74, 6) is 1.10. The topological polar surface area (TPSA) is 43.7 Å². The SMILES string of the molecule is COc1ccc(C2=COC3(CCN(C(=O)CCn4c(C)c(C)c5ccccc54)CC3)C2)cc1.Cl. The first-order valence-electron chi connectivity index (χ1n) is 11.8. The third-order valence-electron chi connectivity index (χ3n) is 7.55. The Morgan fingerprint density at radius 1 is 1.06 bits per heavy atom. The van der Waals surface area contributed by atoms with Crippen molar-refractivity contribution in [2.24, 2.45) is 0 Å². The Kier molecular flexibility index (Phi) is 6.94. The van der Waals surface area contributed by atoms with E-state index in [1.54, 1.807) is 7.11 Å². The predicted molar refractivity (Wildman–Crippen MR) is 138 cm³/mol. The van der Waals surface area contributed by atoms with Gasteiger partial charge in [-0.2, -0.15) is 0 Å². The van der Waals surface area contributed by atoms with E-state index in [1.165, 1.54) is 33.3 Å². The monoisotopic (exact) mass is 480 g/mol. The normalized spacial score (nSPS) is 16.8. The average molecular weight is 481 g/mol. The number of piperidine rings is 1. The van der Waals surface area contributed by atoms with E-state index < -0.39 is 0 Å². The Balaban J connectivity index is 0.00000274. The van der Waals surface area contributed by atoms with Gasteiger partial charge in [-0.1, -0.05) is 30.3 Å². The second-order valence-electron chi connectivity index (χ2n) is 9.36. The molecule has 6 heteroatoms. The molecule has 0 saturated carbocycles. The predicted octanol–water partition coefficient (Wildman–Crippen LogP) is 5.90. The van der Waals surface area contributed by atoms with Crippen molar-refractivity contribution in [3.8, 4) is 5.75 Å². The highest BCUT2D eigenvalue weighted by atomic mass is 35.5. The van der Waals surface area contributed by atoms with Gasteiger partial charge in [0.15, 0.2) is 0 Å². The lowest BCUT2D eigenvalue weighted by Gasteiger charge is -2.39. The number of nitrogens with zero attached hydrogens (tertiary/aromatic N) is 2. The molecule has 2 aromatic carbocycles. The van der Waals surface area contributed by atoms with Crippen LogP contribution in [0.5, 0.6) is 5.75 Å². The van der Waals surface area contributed by atoms with Crippen molar-refractivity contribution in [2.75, 3.05) is 20.2 Å². The summed E-state index contributed by atoms with van der Waals surface area (Å²) in [5, 5.41) is 1.28. The van der Waals surface area contributed by atoms with Crippen molar-refractivity contribution in [3.63, 3.8) is 0 Å². The molecule has 5 rings (SSSR count). The highest BCUT2D eigenvalue weighted by Gasteiger charge is 2.41. The summed E-state index contributed by atoms with van der Waals surface area (Å²) < 4.78 is 13.7. The van der Waals surface area contributed by atoms with E-state index in [-0.39, 0.29) is 23.9 Å². The average Bonchev–Trinajstić information content (AvgIpc) is 3.37. The highest BCUT2D eigenvalue weighted by molar-refractivity contribution is 5.86. The van der Waals surface area contributed by atoms with Crippen molar-refractivity contribution in [1.29, 1.82) is 0 Å². The van der Waals surface area contributed by atoms with Crippen molar-refractivity contribution in [2.45, 2.75) is 51.7 Å². The Hall–Kier alpha value is -2.92. The number of para-hydroxylation sites is 1. The fourth-order valence-corrected chi connectivity index (χ4v) is 5.32.